The van der Waals surface area contributed by atoms with Gasteiger partial charge in [0.2, 0.25) is 0 Å². The molecular weight excluding hydrogens is 466 g/mol. The van der Waals surface area contributed by atoms with Crippen molar-refractivity contribution in [1.29, 1.82) is 0 Å². The number of carbonyl (C=O) groups is 2. The molecule has 6 heteroatoms. The Morgan fingerprint density at radius 3 is 2.08 bits per heavy atom. The first-order valence-electron chi connectivity index (χ1n) is 13.6. The van der Waals surface area contributed by atoms with Gasteiger partial charge >= 0.3 is 5.97 Å². The number of aryl methyl sites for hydroxylation is 2. The maximum Gasteiger partial charge on any atom is 0.323 e. The number of aliphatic hydroxyl groups is 1. The summed E-state index contributed by atoms with van der Waals surface area (Å²) < 4.78 is 6.31. The molecule has 2 aromatic carbocycles. The second-order valence-electron chi connectivity index (χ2n) is 10.8. The zero-order valence-corrected chi connectivity index (χ0v) is 23.3. The maximum absolute atomic E-state index is 12.8. The van der Waals surface area contributed by atoms with Gasteiger partial charge in [-0.05, 0) is 80.8 Å². The van der Waals surface area contributed by atoms with Gasteiger partial charge in [-0.2, -0.15) is 0 Å². The molecule has 0 spiro atoms. The van der Waals surface area contributed by atoms with Crippen molar-refractivity contribution < 1.29 is 24.5 Å². The Bertz CT molecular complexity index is 1110. The molecule has 37 heavy (non-hydrogen) atoms. The number of carbonyl (C=O) groups excluding carboxylic acids is 1. The largest absolute Gasteiger partial charge is 0.487 e. The zero-order chi connectivity index (χ0) is 27.4. The summed E-state index contributed by atoms with van der Waals surface area (Å²) in [7, 11) is 1.51. The number of aliphatic carboxylic acids is 1. The van der Waals surface area contributed by atoms with Gasteiger partial charge in [-0.25, -0.2) is 0 Å². The van der Waals surface area contributed by atoms with Crippen LogP contribution in [0.2, 0.25) is 0 Å². The van der Waals surface area contributed by atoms with Crippen LogP contribution in [0.3, 0.4) is 0 Å². The number of benzene rings is 2. The van der Waals surface area contributed by atoms with E-state index in [0.717, 1.165) is 61.0 Å². The van der Waals surface area contributed by atoms with Gasteiger partial charge in [0.05, 0.1) is 0 Å². The summed E-state index contributed by atoms with van der Waals surface area (Å²) in [6.45, 7) is 9.95. The zero-order valence-electron chi connectivity index (χ0n) is 23.3. The molecule has 202 valence electrons. The number of hydrogen-bond donors (Lipinski definition) is 2. The first-order valence-corrected chi connectivity index (χ1v) is 13.6. The molecule has 2 aromatic rings. The summed E-state index contributed by atoms with van der Waals surface area (Å²) in [5, 5.41) is 20.1. The predicted molar refractivity (Wildman–Crippen MR) is 146 cm³/mol. The van der Waals surface area contributed by atoms with Gasteiger partial charge in [-0.3, -0.25) is 9.59 Å². The minimum atomic E-state index is -1.04. The molecule has 1 atom stereocenters. The summed E-state index contributed by atoms with van der Waals surface area (Å²) in [4.78, 5) is 25.1. The van der Waals surface area contributed by atoms with Crippen molar-refractivity contribution in [2.45, 2.75) is 96.7 Å². The van der Waals surface area contributed by atoms with Crippen LogP contribution in [0.4, 0.5) is 0 Å². The number of ether oxygens (including phenoxy) is 1. The van der Waals surface area contributed by atoms with Crippen molar-refractivity contribution in [3.8, 4) is 5.75 Å². The number of likely N-dealkylation sites (N-methyl/N-ethyl adjacent to an activating group) is 1. The third-order valence-corrected chi connectivity index (χ3v) is 8.44. The van der Waals surface area contributed by atoms with E-state index in [2.05, 4.69) is 39.0 Å². The topological polar surface area (TPSA) is 87.1 Å². The highest BCUT2D eigenvalue weighted by Gasteiger charge is 2.37. The van der Waals surface area contributed by atoms with E-state index in [1.165, 1.54) is 23.9 Å². The Morgan fingerprint density at radius 1 is 1.00 bits per heavy atom. The van der Waals surface area contributed by atoms with E-state index in [1.807, 2.05) is 32.0 Å². The van der Waals surface area contributed by atoms with Gasteiger partial charge in [0.1, 0.15) is 24.0 Å². The quantitative estimate of drug-likeness (QED) is 0.408. The summed E-state index contributed by atoms with van der Waals surface area (Å²) in [5.41, 5.74) is 3.69. The highest BCUT2D eigenvalue weighted by molar-refractivity contribution is 5.97. The fourth-order valence-corrected chi connectivity index (χ4v) is 5.86. The number of nitrogens with zero attached hydrogens (tertiary/aromatic N) is 1. The van der Waals surface area contributed by atoms with Gasteiger partial charge in [0.25, 0.3) is 5.91 Å². The molecule has 1 unspecified atom stereocenters. The maximum atomic E-state index is 12.8. The molecule has 6 nitrogen and oxygen atoms in total. The minimum Gasteiger partial charge on any atom is -0.487 e. The summed E-state index contributed by atoms with van der Waals surface area (Å²) in [5.74, 6) is -0.530. The third-order valence-electron chi connectivity index (χ3n) is 8.44. The van der Waals surface area contributed by atoms with Crippen molar-refractivity contribution in [3.63, 3.8) is 0 Å². The lowest BCUT2D eigenvalue weighted by Crippen LogP contribution is -2.45. The summed E-state index contributed by atoms with van der Waals surface area (Å²) >= 11 is 0. The SMILES string of the molecule is CCC(CC)(c1ccc(OC(C)C2(O)CCCCC2)c(C)c1)c1ccc(C(=O)N(C)CC(=O)O)c(C)c1. The average Bonchev–Trinajstić information content (AvgIpc) is 2.86. The molecule has 0 saturated heterocycles. The first kappa shape index (κ1) is 28.7. The molecule has 0 heterocycles. The average molecular weight is 510 g/mol. The van der Waals surface area contributed by atoms with E-state index in [0.29, 0.717) is 5.56 Å². The van der Waals surface area contributed by atoms with Crippen molar-refractivity contribution in [1.82, 2.24) is 4.90 Å². The van der Waals surface area contributed by atoms with Crippen LogP contribution in [0.15, 0.2) is 36.4 Å². The standard InChI is InChI=1S/C31H43NO5/c1-7-30(8-2,24-12-14-26(21(3)18-24)29(35)32(6)20-28(33)34)25-13-15-27(22(4)19-25)37-23(5)31(36)16-10-9-11-17-31/h12-15,18-19,23,36H,7-11,16-17,20H2,1-6H3,(H,33,34). The van der Waals surface area contributed by atoms with Crippen LogP contribution < -0.4 is 4.74 Å². The van der Waals surface area contributed by atoms with Crippen LogP contribution in [0.25, 0.3) is 0 Å². The summed E-state index contributed by atoms with van der Waals surface area (Å²) in [6.07, 6.45) is 6.30. The van der Waals surface area contributed by atoms with Crippen LogP contribution >= 0.6 is 0 Å². The Labute approximate surface area is 221 Å². The van der Waals surface area contributed by atoms with Crippen molar-refractivity contribution >= 4 is 11.9 Å². The van der Waals surface area contributed by atoms with Crippen molar-refractivity contribution in [3.05, 3.63) is 64.2 Å². The highest BCUT2D eigenvalue weighted by atomic mass is 16.5. The van der Waals surface area contributed by atoms with Gasteiger partial charge in [0.15, 0.2) is 0 Å². The lowest BCUT2D eigenvalue weighted by molar-refractivity contribution is -0.137. The van der Waals surface area contributed by atoms with Gasteiger partial charge in [-0.1, -0.05) is 57.4 Å². The lowest BCUT2D eigenvalue weighted by Gasteiger charge is -2.38. The number of amides is 1. The monoisotopic (exact) mass is 509 g/mol. The van der Waals surface area contributed by atoms with Crippen LogP contribution in [0, 0.1) is 13.8 Å². The molecule has 2 N–H and O–H groups in total. The Kier molecular flexibility index (Phi) is 9.06. The second kappa shape index (κ2) is 11.7. The molecule has 0 aromatic heterocycles. The van der Waals surface area contributed by atoms with Crippen LogP contribution in [0.5, 0.6) is 5.75 Å². The Hall–Kier alpha value is -2.86. The van der Waals surface area contributed by atoms with E-state index in [1.54, 1.807) is 0 Å². The van der Waals surface area contributed by atoms with Crippen LogP contribution in [-0.4, -0.2) is 52.3 Å². The van der Waals surface area contributed by atoms with E-state index < -0.39 is 11.6 Å². The minimum absolute atomic E-state index is 0.240. The molecule has 0 aliphatic heterocycles. The molecule has 0 bridgehead atoms. The first-order chi connectivity index (χ1) is 17.5. The number of carboxylic acid groups (broad SMARTS) is 1. The number of hydrogen-bond acceptors (Lipinski definition) is 4. The number of rotatable bonds is 10. The molecule has 1 saturated carbocycles. The molecule has 1 fully saturated rings. The van der Waals surface area contributed by atoms with E-state index in [-0.39, 0.29) is 24.0 Å². The summed E-state index contributed by atoms with van der Waals surface area (Å²) in [6, 6.07) is 12.2. The normalized spacial score (nSPS) is 16.2. The number of carboxylic acids is 1. The van der Waals surface area contributed by atoms with E-state index in [9.17, 15) is 14.7 Å². The Balaban J connectivity index is 1.90. The second-order valence-corrected chi connectivity index (χ2v) is 10.8. The highest BCUT2D eigenvalue weighted by Crippen LogP contribution is 2.41. The lowest BCUT2D eigenvalue weighted by atomic mass is 9.70. The Morgan fingerprint density at radius 2 is 1.57 bits per heavy atom. The fraction of sp³-hybridized carbons (Fsp3) is 0.548. The van der Waals surface area contributed by atoms with E-state index in [4.69, 9.17) is 9.84 Å². The molecule has 1 aliphatic rings. The van der Waals surface area contributed by atoms with Gasteiger partial charge in [-0.15, -0.1) is 0 Å². The van der Waals surface area contributed by atoms with Gasteiger partial charge in [0, 0.05) is 18.0 Å². The third kappa shape index (κ3) is 6.01. The molecule has 3 rings (SSSR count). The molecular formula is C31H43NO5. The fourth-order valence-electron chi connectivity index (χ4n) is 5.86. The smallest absolute Gasteiger partial charge is 0.323 e. The molecule has 1 amide bonds. The van der Waals surface area contributed by atoms with E-state index >= 15 is 0 Å². The van der Waals surface area contributed by atoms with Crippen molar-refractivity contribution in [2.75, 3.05) is 13.6 Å². The van der Waals surface area contributed by atoms with Gasteiger partial charge < -0.3 is 19.8 Å². The molecule has 0 radical (unpaired) electrons. The van der Waals surface area contributed by atoms with Crippen molar-refractivity contribution in [2.24, 2.45) is 0 Å². The molecule has 1 aliphatic carbocycles. The van der Waals surface area contributed by atoms with Crippen LogP contribution in [-0.2, 0) is 10.2 Å². The van der Waals surface area contributed by atoms with Crippen LogP contribution in [0.1, 0.15) is 98.3 Å². The predicted octanol–water partition coefficient (Wildman–Crippen LogP) is 6.03.